The molecular weight excluding hydrogens is 313 g/mol. The predicted octanol–water partition coefficient (Wildman–Crippen LogP) is 3.40. The highest BCUT2D eigenvalue weighted by molar-refractivity contribution is 6.35. The molecule has 0 saturated heterocycles. The van der Waals surface area contributed by atoms with Gasteiger partial charge in [-0.05, 0) is 38.0 Å². The Kier molecular flexibility index (Phi) is 6.15. The van der Waals surface area contributed by atoms with Crippen LogP contribution in [0.15, 0.2) is 18.2 Å². The fourth-order valence-corrected chi connectivity index (χ4v) is 2.53. The van der Waals surface area contributed by atoms with E-state index in [1.807, 2.05) is 6.92 Å². The minimum Gasteiger partial charge on any atom is -0.491 e. The normalized spacial score (nSPS) is 14.3. The van der Waals surface area contributed by atoms with Gasteiger partial charge in [-0.3, -0.25) is 9.69 Å². The summed E-state index contributed by atoms with van der Waals surface area (Å²) in [5.74, 6) is 0.418. The summed E-state index contributed by atoms with van der Waals surface area (Å²) in [7, 11) is 0. The maximum Gasteiger partial charge on any atom is 0.320 e. The Hall–Kier alpha value is -0.970. The zero-order valence-corrected chi connectivity index (χ0v) is 13.5. The number of rotatable bonds is 8. The van der Waals surface area contributed by atoms with Crippen molar-refractivity contribution in [1.29, 1.82) is 0 Å². The van der Waals surface area contributed by atoms with Gasteiger partial charge in [0.1, 0.15) is 12.4 Å². The Bertz CT molecular complexity index is 492. The van der Waals surface area contributed by atoms with Crippen molar-refractivity contribution in [2.45, 2.75) is 25.8 Å². The van der Waals surface area contributed by atoms with E-state index in [0.717, 1.165) is 12.8 Å². The first-order chi connectivity index (χ1) is 10.1. The summed E-state index contributed by atoms with van der Waals surface area (Å²) in [6.07, 6.45) is 2.25. The first-order valence-electron chi connectivity index (χ1n) is 7.07. The summed E-state index contributed by atoms with van der Waals surface area (Å²) in [6.45, 7) is 3.68. The van der Waals surface area contributed by atoms with Crippen LogP contribution in [0.1, 0.15) is 19.8 Å². The van der Waals surface area contributed by atoms with Gasteiger partial charge in [-0.2, -0.15) is 0 Å². The highest BCUT2D eigenvalue weighted by atomic mass is 35.5. The van der Waals surface area contributed by atoms with Crippen LogP contribution >= 0.6 is 23.2 Å². The molecule has 0 radical (unpaired) electrons. The second kappa shape index (κ2) is 7.87. The summed E-state index contributed by atoms with van der Waals surface area (Å²) in [5, 5.41) is 1.07. The minimum atomic E-state index is -0.186. The molecule has 1 aliphatic carbocycles. The van der Waals surface area contributed by atoms with Crippen molar-refractivity contribution >= 4 is 29.2 Å². The van der Waals surface area contributed by atoms with Crippen LogP contribution in [0.25, 0.3) is 0 Å². The van der Waals surface area contributed by atoms with Crippen molar-refractivity contribution in [3.8, 4) is 5.75 Å². The van der Waals surface area contributed by atoms with E-state index in [2.05, 4.69) is 4.90 Å². The lowest BCUT2D eigenvalue weighted by atomic mass is 10.3. The smallest absolute Gasteiger partial charge is 0.320 e. The van der Waals surface area contributed by atoms with Crippen molar-refractivity contribution in [3.05, 3.63) is 28.2 Å². The molecule has 0 amide bonds. The molecule has 4 nitrogen and oxygen atoms in total. The molecule has 2 rings (SSSR count). The number of halogens is 2. The highest BCUT2D eigenvalue weighted by Gasteiger charge is 2.30. The largest absolute Gasteiger partial charge is 0.491 e. The molecule has 1 aromatic rings. The molecule has 1 aromatic carbocycles. The fourth-order valence-electron chi connectivity index (χ4n) is 2.07. The lowest BCUT2D eigenvalue weighted by molar-refractivity contribution is -0.144. The Balaban J connectivity index is 1.80. The number of carbonyl (C=O) groups is 1. The van der Waals surface area contributed by atoms with Crippen LogP contribution in [-0.2, 0) is 9.53 Å². The van der Waals surface area contributed by atoms with Crippen molar-refractivity contribution in [2.75, 3.05) is 26.3 Å². The topological polar surface area (TPSA) is 38.8 Å². The predicted molar refractivity (Wildman–Crippen MR) is 83.2 cm³/mol. The average Bonchev–Trinajstić information content (AvgIpc) is 3.24. The molecule has 6 heteroatoms. The summed E-state index contributed by atoms with van der Waals surface area (Å²) < 4.78 is 10.6. The SMILES string of the molecule is CCOC(=O)CN(CCOc1ccc(Cl)cc1Cl)C1CC1. The average molecular weight is 332 g/mol. The van der Waals surface area contributed by atoms with Gasteiger partial charge < -0.3 is 9.47 Å². The van der Waals surface area contributed by atoms with Crippen molar-refractivity contribution in [2.24, 2.45) is 0 Å². The Labute approximate surface area is 134 Å². The first kappa shape index (κ1) is 16.4. The Morgan fingerprint density at radius 2 is 2.14 bits per heavy atom. The second-order valence-corrected chi connectivity index (χ2v) is 5.77. The molecule has 0 spiro atoms. The first-order valence-corrected chi connectivity index (χ1v) is 7.83. The van der Waals surface area contributed by atoms with Gasteiger partial charge in [0.05, 0.1) is 18.2 Å². The number of esters is 1. The molecule has 0 N–H and O–H groups in total. The van der Waals surface area contributed by atoms with Crippen LogP contribution in [0.3, 0.4) is 0 Å². The highest BCUT2D eigenvalue weighted by Crippen LogP contribution is 2.28. The van der Waals surface area contributed by atoms with Gasteiger partial charge in [-0.1, -0.05) is 23.2 Å². The van der Waals surface area contributed by atoms with Gasteiger partial charge in [-0.15, -0.1) is 0 Å². The van der Waals surface area contributed by atoms with Gasteiger partial charge in [0.2, 0.25) is 0 Å². The van der Waals surface area contributed by atoms with E-state index in [1.165, 1.54) is 0 Å². The number of nitrogens with zero attached hydrogens (tertiary/aromatic N) is 1. The van der Waals surface area contributed by atoms with Crippen LogP contribution in [0.4, 0.5) is 0 Å². The van der Waals surface area contributed by atoms with Crippen LogP contribution in [0.2, 0.25) is 10.0 Å². The number of hydrogen-bond acceptors (Lipinski definition) is 4. The Morgan fingerprint density at radius 1 is 1.38 bits per heavy atom. The van der Waals surface area contributed by atoms with Crippen molar-refractivity contribution in [1.82, 2.24) is 4.90 Å². The molecule has 1 aliphatic rings. The molecule has 116 valence electrons. The standard InChI is InChI=1S/C15H19Cl2NO3/c1-2-20-15(19)10-18(12-4-5-12)7-8-21-14-6-3-11(16)9-13(14)17/h3,6,9,12H,2,4-5,7-8,10H2,1H3. The monoisotopic (exact) mass is 331 g/mol. The summed E-state index contributed by atoms with van der Waals surface area (Å²) in [4.78, 5) is 13.7. The summed E-state index contributed by atoms with van der Waals surface area (Å²) in [6, 6.07) is 5.60. The fraction of sp³-hybridized carbons (Fsp3) is 0.533. The van der Waals surface area contributed by atoms with E-state index in [4.69, 9.17) is 32.7 Å². The maximum absolute atomic E-state index is 11.6. The Morgan fingerprint density at radius 3 is 2.76 bits per heavy atom. The molecule has 0 aliphatic heterocycles. The van der Waals surface area contributed by atoms with E-state index in [9.17, 15) is 4.79 Å². The number of hydrogen-bond donors (Lipinski definition) is 0. The molecule has 0 bridgehead atoms. The molecule has 0 atom stereocenters. The summed E-state index contributed by atoms with van der Waals surface area (Å²) in [5.41, 5.74) is 0. The number of benzene rings is 1. The molecule has 0 aromatic heterocycles. The molecule has 0 unspecified atom stereocenters. The number of ether oxygens (including phenoxy) is 2. The minimum absolute atomic E-state index is 0.186. The molecule has 1 saturated carbocycles. The molecule has 0 heterocycles. The lowest BCUT2D eigenvalue weighted by Gasteiger charge is -2.21. The maximum atomic E-state index is 11.6. The molecule has 1 fully saturated rings. The van der Waals surface area contributed by atoms with Crippen molar-refractivity contribution in [3.63, 3.8) is 0 Å². The third-order valence-corrected chi connectivity index (χ3v) is 3.76. The second-order valence-electron chi connectivity index (χ2n) is 4.93. The zero-order valence-electron chi connectivity index (χ0n) is 12.0. The van der Waals surface area contributed by atoms with E-state index in [1.54, 1.807) is 18.2 Å². The lowest BCUT2D eigenvalue weighted by Crippen LogP contribution is -2.36. The third-order valence-electron chi connectivity index (χ3n) is 3.23. The quantitative estimate of drug-likeness (QED) is 0.684. The van der Waals surface area contributed by atoms with Gasteiger partial charge >= 0.3 is 5.97 Å². The van der Waals surface area contributed by atoms with Crippen LogP contribution < -0.4 is 4.74 Å². The van der Waals surface area contributed by atoms with E-state index in [-0.39, 0.29) is 5.97 Å². The van der Waals surface area contributed by atoms with E-state index in [0.29, 0.717) is 48.1 Å². The van der Waals surface area contributed by atoms with Crippen LogP contribution in [0, 0.1) is 0 Å². The zero-order chi connectivity index (χ0) is 15.2. The molecular formula is C15H19Cl2NO3. The van der Waals surface area contributed by atoms with E-state index < -0.39 is 0 Å². The van der Waals surface area contributed by atoms with E-state index >= 15 is 0 Å². The number of carbonyl (C=O) groups excluding carboxylic acids is 1. The third kappa shape index (κ3) is 5.38. The van der Waals surface area contributed by atoms with Gasteiger partial charge in [0.25, 0.3) is 0 Å². The van der Waals surface area contributed by atoms with Gasteiger partial charge in [-0.25, -0.2) is 0 Å². The van der Waals surface area contributed by atoms with Crippen LogP contribution in [0.5, 0.6) is 5.75 Å². The van der Waals surface area contributed by atoms with Crippen molar-refractivity contribution < 1.29 is 14.3 Å². The van der Waals surface area contributed by atoms with Gasteiger partial charge in [0, 0.05) is 17.6 Å². The van der Waals surface area contributed by atoms with Crippen LogP contribution in [-0.4, -0.2) is 43.2 Å². The van der Waals surface area contributed by atoms with Gasteiger partial charge in [0.15, 0.2) is 0 Å². The summed E-state index contributed by atoms with van der Waals surface area (Å²) >= 11 is 11.9. The molecule has 21 heavy (non-hydrogen) atoms.